The molecule has 1 N–H and O–H groups in total. The molecule has 0 aliphatic rings. The molecule has 0 amide bonds. The summed E-state index contributed by atoms with van der Waals surface area (Å²) in [6, 6.07) is 11.1. The molecule has 2 aromatic carbocycles. The molecule has 0 aliphatic heterocycles. The minimum absolute atomic E-state index is 0.507. The maximum absolute atomic E-state index is 13.0. The van der Waals surface area contributed by atoms with Crippen LogP contribution >= 0.6 is 11.8 Å². The van der Waals surface area contributed by atoms with Gasteiger partial charge in [0.15, 0.2) is 11.6 Å². The molecule has 18 heavy (non-hydrogen) atoms. The molecule has 4 heteroatoms. The Hall–Kier alpha value is -1.39. The summed E-state index contributed by atoms with van der Waals surface area (Å²) in [6.45, 7) is 1.69. The fourth-order valence-corrected chi connectivity index (χ4v) is 2.33. The van der Waals surface area contributed by atoms with Crippen LogP contribution in [0.3, 0.4) is 0 Å². The van der Waals surface area contributed by atoms with E-state index in [2.05, 4.69) is 0 Å². The Balaban J connectivity index is 2.15. The molecule has 94 valence electrons. The standard InChI is InChI=1S/C14H12F2OS/c1-9(17)10-2-4-11(5-3-10)18-12-6-7-13(15)14(16)8-12/h2-9,17H,1H3/t9-/m0/s1. The molecule has 0 aromatic heterocycles. The van der Waals surface area contributed by atoms with Gasteiger partial charge in [0.1, 0.15) is 0 Å². The van der Waals surface area contributed by atoms with Crippen LogP contribution in [0.1, 0.15) is 18.6 Å². The fourth-order valence-electron chi connectivity index (χ4n) is 1.49. The Kier molecular flexibility index (Phi) is 3.99. The minimum atomic E-state index is -0.847. The molecule has 2 rings (SSSR count). The lowest BCUT2D eigenvalue weighted by molar-refractivity contribution is 0.199. The topological polar surface area (TPSA) is 20.2 Å². The first kappa shape index (κ1) is 13.1. The van der Waals surface area contributed by atoms with Gasteiger partial charge in [-0.1, -0.05) is 23.9 Å². The first-order valence-corrected chi connectivity index (χ1v) is 6.29. The second kappa shape index (κ2) is 5.50. The molecule has 0 fully saturated rings. The van der Waals surface area contributed by atoms with Crippen molar-refractivity contribution in [2.45, 2.75) is 22.8 Å². The smallest absolute Gasteiger partial charge is 0.159 e. The summed E-state index contributed by atoms with van der Waals surface area (Å²) in [4.78, 5) is 1.55. The van der Waals surface area contributed by atoms with Gasteiger partial charge in [-0.2, -0.15) is 0 Å². The van der Waals surface area contributed by atoms with Gasteiger partial charge in [0.25, 0.3) is 0 Å². The lowest BCUT2D eigenvalue weighted by atomic mass is 10.1. The number of benzene rings is 2. The van der Waals surface area contributed by atoms with Gasteiger partial charge in [0, 0.05) is 9.79 Å². The zero-order valence-corrected chi connectivity index (χ0v) is 10.5. The Morgan fingerprint density at radius 1 is 0.944 bits per heavy atom. The molecule has 1 nitrogen and oxygen atoms in total. The van der Waals surface area contributed by atoms with E-state index in [-0.39, 0.29) is 0 Å². The number of hydrogen-bond donors (Lipinski definition) is 1. The molecule has 0 unspecified atom stereocenters. The zero-order valence-electron chi connectivity index (χ0n) is 9.73. The Labute approximate surface area is 108 Å². The van der Waals surface area contributed by atoms with Gasteiger partial charge < -0.3 is 5.11 Å². The van der Waals surface area contributed by atoms with Crippen molar-refractivity contribution in [1.82, 2.24) is 0 Å². The number of halogens is 2. The van der Waals surface area contributed by atoms with E-state index in [0.29, 0.717) is 4.90 Å². The van der Waals surface area contributed by atoms with Gasteiger partial charge in [-0.25, -0.2) is 8.78 Å². The predicted octanol–water partition coefficient (Wildman–Crippen LogP) is 4.17. The van der Waals surface area contributed by atoms with E-state index in [9.17, 15) is 13.9 Å². The molecule has 0 saturated carbocycles. The summed E-state index contributed by atoms with van der Waals surface area (Å²) in [5.41, 5.74) is 0.824. The lowest BCUT2D eigenvalue weighted by Crippen LogP contribution is -1.89. The monoisotopic (exact) mass is 266 g/mol. The van der Waals surface area contributed by atoms with Gasteiger partial charge in [0.2, 0.25) is 0 Å². The van der Waals surface area contributed by atoms with Crippen molar-refractivity contribution in [3.05, 3.63) is 59.7 Å². The predicted molar refractivity (Wildman–Crippen MR) is 67.6 cm³/mol. The van der Waals surface area contributed by atoms with Gasteiger partial charge in [0.05, 0.1) is 6.10 Å². The molecule has 2 aromatic rings. The van der Waals surface area contributed by atoms with Gasteiger partial charge in [-0.3, -0.25) is 0 Å². The molecule has 0 saturated heterocycles. The van der Waals surface area contributed by atoms with Crippen LogP contribution in [0, 0.1) is 11.6 Å². The Morgan fingerprint density at radius 2 is 1.56 bits per heavy atom. The number of aliphatic hydroxyl groups excluding tert-OH is 1. The van der Waals surface area contributed by atoms with Crippen molar-refractivity contribution in [1.29, 1.82) is 0 Å². The summed E-state index contributed by atoms with van der Waals surface area (Å²) >= 11 is 1.34. The molecule has 1 atom stereocenters. The van der Waals surface area contributed by atoms with Crippen LogP contribution in [0.15, 0.2) is 52.3 Å². The van der Waals surface area contributed by atoms with Crippen molar-refractivity contribution < 1.29 is 13.9 Å². The summed E-state index contributed by atoms with van der Waals surface area (Å²) in [6.07, 6.45) is -0.507. The van der Waals surface area contributed by atoms with Crippen LogP contribution < -0.4 is 0 Å². The number of aliphatic hydroxyl groups is 1. The van der Waals surface area contributed by atoms with E-state index in [4.69, 9.17) is 0 Å². The highest BCUT2D eigenvalue weighted by Gasteiger charge is 2.05. The molecular weight excluding hydrogens is 254 g/mol. The molecule has 0 bridgehead atoms. The second-order valence-corrected chi connectivity index (χ2v) is 5.07. The molecule has 0 radical (unpaired) electrons. The summed E-state index contributed by atoms with van der Waals surface area (Å²) < 4.78 is 25.8. The fraction of sp³-hybridized carbons (Fsp3) is 0.143. The van der Waals surface area contributed by atoms with Crippen molar-refractivity contribution in [3.8, 4) is 0 Å². The van der Waals surface area contributed by atoms with Crippen LogP contribution in [-0.2, 0) is 0 Å². The summed E-state index contributed by atoms with van der Waals surface area (Å²) in [7, 11) is 0. The van der Waals surface area contributed by atoms with Crippen molar-refractivity contribution in [2.75, 3.05) is 0 Å². The number of hydrogen-bond acceptors (Lipinski definition) is 2. The first-order valence-electron chi connectivity index (χ1n) is 5.47. The quantitative estimate of drug-likeness (QED) is 0.899. The van der Waals surface area contributed by atoms with Gasteiger partial charge >= 0.3 is 0 Å². The third-order valence-electron chi connectivity index (χ3n) is 2.49. The van der Waals surface area contributed by atoms with E-state index >= 15 is 0 Å². The SMILES string of the molecule is C[C@H](O)c1ccc(Sc2ccc(F)c(F)c2)cc1. The highest BCUT2D eigenvalue weighted by molar-refractivity contribution is 7.99. The van der Waals surface area contributed by atoms with Crippen molar-refractivity contribution in [2.24, 2.45) is 0 Å². The third kappa shape index (κ3) is 3.09. The summed E-state index contributed by atoms with van der Waals surface area (Å²) in [5, 5.41) is 9.37. The van der Waals surface area contributed by atoms with E-state index in [0.717, 1.165) is 16.5 Å². The van der Waals surface area contributed by atoms with Gasteiger partial charge in [-0.15, -0.1) is 0 Å². The highest BCUT2D eigenvalue weighted by atomic mass is 32.2. The molecule has 0 spiro atoms. The lowest BCUT2D eigenvalue weighted by Gasteiger charge is -2.06. The highest BCUT2D eigenvalue weighted by Crippen LogP contribution is 2.29. The molecular formula is C14H12F2OS. The van der Waals surface area contributed by atoms with Gasteiger partial charge in [-0.05, 0) is 42.8 Å². The normalized spacial score (nSPS) is 12.4. The molecule has 0 aliphatic carbocycles. The maximum Gasteiger partial charge on any atom is 0.159 e. The molecule has 0 heterocycles. The van der Waals surface area contributed by atoms with Crippen LogP contribution in [0.25, 0.3) is 0 Å². The second-order valence-electron chi connectivity index (χ2n) is 3.92. The largest absolute Gasteiger partial charge is 0.389 e. The first-order chi connectivity index (χ1) is 8.56. The third-order valence-corrected chi connectivity index (χ3v) is 3.49. The van der Waals surface area contributed by atoms with Crippen molar-refractivity contribution >= 4 is 11.8 Å². The Bertz CT molecular complexity index is 538. The maximum atomic E-state index is 13.0. The van der Waals surface area contributed by atoms with Crippen molar-refractivity contribution in [3.63, 3.8) is 0 Å². The number of rotatable bonds is 3. The minimum Gasteiger partial charge on any atom is -0.389 e. The Morgan fingerprint density at radius 3 is 2.11 bits per heavy atom. The van der Waals surface area contributed by atoms with E-state index in [1.54, 1.807) is 6.92 Å². The van der Waals surface area contributed by atoms with Crippen LogP contribution in [0.2, 0.25) is 0 Å². The average molecular weight is 266 g/mol. The zero-order chi connectivity index (χ0) is 13.1. The average Bonchev–Trinajstić information content (AvgIpc) is 2.34. The van der Waals surface area contributed by atoms with E-state index in [1.165, 1.54) is 23.9 Å². The van der Waals surface area contributed by atoms with E-state index in [1.807, 2.05) is 24.3 Å². The van der Waals surface area contributed by atoms with Crippen LogP contribution in [0.5, 0.6) is 0 Å². The van der Waals surface area contributed by atoms with E-state index < -0.39 is 17.7 Å². The van der Waals surface area contributed by atoms with Crippen LogP contribution in [0.4, 0.5) is 8.78 Å². The van der Waals surface area contributed by atoms with Crippen LogP contribution in [-0.4, -0.2) is 5.11 Å². The summed E-state index contributed by atoms with van der Waals surface area (Å²) in [5.74, 6) is -1.69.